The molecule has 0 saturated carbocycles. The number of halogens is 1. The SMILES string of the molecule is CN(C)c1nnc(SCC(=O)Nc2ccc(N)cc2Cl)s1. The molecule has 1 aromatic heterocycles. The first-order chi connectivity index (χ1) is 9.95. The van der Waals surface area contributed by atoms with Crippen molar-refractivity contribution in [2.75, 3.05) is 35.8 Å². The maximum Gasteiger partial charge on any atom is 0.234 e. The van der Waals surface area contributed by atoms with Crippen LogP contribution in [-0.4, -0.2) is 36.0 Å². The van der Waals surface area contributed by atoms with E-state index in [1.165, 1.54) is 23.1 Å². The quantitative estimate of drug-likeness (QED) is 0.641. The van der Waals surface area contributed by atoms with E-state index in [1.54, 1.807) is 18.2 Å². The Balaban J connectivity index is 1.89. The molecule has 0 aliphatic rings. The molecule has 3 N–H and O–H groups in total. The van der Waals surface area contributed by atoms with E-state index in [0.717, 1.165) is 9.47 Å². The van der Waals surface area contributed by atoms with Crippen molar-refractivity contribution in [1.82, 2.24) is 10.2 Å². The molecule has 9 heteroatoms. The Morgan fingerprint density at radius 3 is 2.86 bits per heavy atom. The van der Waals surface area contributed by atoms with E-state index in [2.05, 4.69) is 15.5 Å². The highest BCUT2D eigenvalue weighted by Gasteiger charge is 2.10. The summed E-state index contributed by atoms with van der Waals surface area (Å²) < 4.78 is 0.747. The van der Waals surface area contributed by atoms with Crippen LogP contribution in [0.5, 0.6) is 0 Å². The highest BCUT2D eigenvalue weighted by Crippen LogP contribution is 2.28. The number of hydrogen-bond acceptors (Lipinski definition) is 7. The zero-order valence-electron chi connectivity index (χ0n) is 11.5. The summed E-state index contributed by atoms with van der Waals surface area (Å²) in [6.07, 6.45) is 0. The van der Waals surface area contributed by atoms with Crippen LogP contribution in [0.4, 0.5) is 16.5 Å². The number of nitrogen functional groups attached to an aromatic ring is 1. The van der Waals surface area contributed by atoms with Crippen LogP contribution in [-0.2, 0) is 4.79 Å². The molecule has 0 saturated heterocycles. The average Bonchev–Trinajstić information content (AvgIpc) is 2.89. The lowest BCUT2D eigenvalue weighted by molar-refractivity contribution is -0.113. The van der Waals surface area contributed by atoms with Gasteiger partial charge in [0.15, 0.2) is 4.34 Å². The monoisotopic (exact) mass is 343 g/mol. The van der Waals surface area contributed by atoms with E-state index in [-0.39, 0.29) is 11.7 Å². The lowest BCUT2D eigenvalue weighted by Gasteiger charge is -2.07. The van der Waals surface area contributed by atoms with Crippen LogP contribution < -0.4 is 16.0 Å². The Hall–Kier alpha value is -1.51. The number of nitrogens with one attached hydrogen (secondary N) is 1. The minimum atomic E-state index is -0.159. The van der Waals surface area contributed by atoms with Gasteiger partial charge in [0.2, 0.25) is 11.0 Å². The second-order valence-electron chi connectivity index (χ2n) is 4.32. The molecule has 0 radical (unpaired) electrons. The highest BCUT2D eigenvalue weighted by atomic mass is 35.5. The number of rotatable bonds is 5. The summed E-state index contributed by atoms with van der Waals surface area (Å²) in [7, 11) is 3.79. The molecule has 0 fully saturated rings. The van der Waals surface area contributed by atoms with Gasteiger partial charge in [-0.15, -0.1) is 10.2 Å². The van der Waals surface area contributed by atoms with Crippen molar-refractivity contribution in [2.45, 2.75) is 4.34 Å². The van der Waals surface area contributed by atoms with Gasteiger partial charge in [-0.3, -0.25) is 4.79 Å². The van der Waals surface area contributed by atoms with Crippen LogP contribution in [0.1, 0.15) is 0 Å². The van der Waals surface area contributed by atoms with Crippen molar-refractivity contribution in [2.24, 2.45) is 0 Å². The number of thioether (sulfide) groups is 1. The lowest BCUT2D eigenvalue weighted by atomic mass is 10.3. The van der Waals surface area contributed by atoms with E-state index in [1.807, 2.05) is 19.0 Å². The molecule has 1 amide bonds. The first-order valence-corrected chi connectivity index (χ1v) is 8.12. The van der Waals surface area contributed by atoms with Crippen LogP contribution in [0.15, 0.2) is 22.5 Å². The molecule has 112 valence electrons. The van der Waals surface area contributed by atoms with E-state index in [4.69, 9.17) is 17.3 Å². The zero-order chi connectivity index (χ0) is 15.4. The largest absolute Gasteiger partial charge is 0.399 e. The fourth-order valence-corrected chi connectivity index (χ4v) is 3.19. The third-order valence-corrected chi connectivity index (χ3v) is 4.91. The predicted molar refractivity (Wildman–Crippen MR) is 89.5 cm³/mol. The van der Waals surface area contributed by atoms with Crippen molar-refractivity contribution < 1.29 is 4.79 Å². The molecule has 0 bridgehead atoms. The number of nitrogens with zero attached hydrogens (tertiary/aromatic N) is 3. The summed E-state index contributed by atoms with van der Waals surface area (Å²) in [6, 6.07) is 4.95. The normalized spacial score (nSPS) is 10.4. The zero-order valence-corrected chi connectivity index (χ0v) is 13.8. The molecule has 1 aromatic carbocycles. The summed E-state index contributed by atoms with van der Waals surface area (Å²) >= 11 is 8.77. The fraction of sp³-hybridized carbons (Fsp3) is 0.250. The smallest absolute Gasteiger partial charge is 0.234 e. The van der Waals surface area contributed by atoms with E-state index >= 15 is 0 Å². The van der Waals surface area contributed by atoms with Crippen molar-refractivity contribution in [3.05, 3.63) is 23.2 Å². The van der Waals surface area contributed by atoms with Crippen LogP contribution >= 0.6 is 34.7 Å². The minimum absolute atomic E-state index is 0.159. The molecule has 0 atom stereocenters. The summed E-state index contributed by atoms with van der Waals surface area (Å²) in [5.74, 6) is 0.0799. The van der Waals surface area contributed by atoms with Crippen molar-refractivity contribution >= 4 is 57.1 Å². The second kappa shape index (κ2) is 6.97. The van der Waals surface area contributed by atoms with E-state index < -0.39 is 0 Å². The molecule has 2 aromatic rings. The average molecular weight is 344 g/mol. The van der Waals surface area contributed by atoms with Gasteiger partial charge in [-0.1, -0.05) is 34.7 Å². The number of hydrogen-bond donors (Lipinski definition) is 2. The van der Waals surface area contributed by atoms with Crippen LogP contribution in [0.25, 0.3) is 0 Å². The van der Waals surface area contributed by atoms with Crippen molar-refractivity contribution in [3.8, 4) is 0 Å². The molecule has 1 heterocycles. The molecule has 0 aliphatic heterocycles. The lowest BCUT2D eigenvalue weighted by Crippen LogP contribution is -2.14. The van der Waals surface area contributed by atoms with Gasteiger partial charge in [0.25, 0.3) is 0 Å². The molecule has 6 nitrogen and oxygen atoms in total. The summed E-state index contributed by atoms with van der Waals surface area (Å²) in [4.78, 5) is 13.8. The number of carbonyl (C=O) groups is 1. The van der Waals surface area contributed by atoms with E-state index in [9.17, 15) is 4.79 Å². The molecule has 0 aliphatic carbocycles. The number of aromatic nitrogens is 2. The Bertz CT molecular complexity index is 646. The first-order valence-electron chi connectivity index (χ1n) is 5.94. The topological polar surface area (TPSA) is 84.1 Å². The third-order valence-electron chi connectivity index (χ3n) is 2.37. The Labute approximate surface area is 135 Å². The van der Waals surface area contributed by atoms with Gasteiger partial charge in [-0.2, -0.15) is 0 Å². The van der Waals surface area contributed by atoms with Gasteiger partial charge in [0.1, 0.15) is 0 Å². The number of anilines is 3. The molecule has 21 heavy (non-hydrogen) atoms. The maximum atomic E-state index is 11.9. The minimum Gasteiger partial charge on any atom is -0.399 e. The Morgan fingerprint density at radius 2 is 2.24 bits per heavy atom. The first kappa shape index (κ1) is 15.9. The molecule has 2 rings (SSSR count). The summed E-state index contributed by atoms with van der Waals surface area (Å²) in [5.41, 5.74) is 6.70. The number of carbonyl (C=O) groups excluding carboxylic acids is 1. The van der Waals surface area contributed by atoms with Crippen molar-refractivity contribution in [3.63, 3.8) is 0 Å². The van der Waals surface area contributed by atoms with Gasteiger partial charge in [-0.25, -0.2) is 0 Å². The van der Waals surface area contributed by atoms with Gasteiger partial charge in [0, 0.05) is 19.8 Å². The predicted octanol–water partition coefficient (Wildman–Crippen LogP) is 2.57. The summed E-state index contributed by atoms with van der Waals surface area (Å²) in [5, 5.41) is 12.0. The number of nitrogens with two attached hydrogens (primary N) is 1. The van der Waals surface area contributed by atoms with Crippen molar-refractivity contribution in [1.29, 1.82) is 0 Å². The Morgan fingerprint density at radius 1 is 1.48 bits per heavy atom. The maximum absolute atomic E-state index is 11.9. The Kier molecular flexibility index (Phi) is 5.27. The molecular formula is C12H14ClN5OS2. The summed E-state index contributed by atoms with van der Waals surface area (Å²) in [6.45, 7) is 0. The van der Waals surface area contributed by atoms with Gasteiger partial charge in [0.05, 0.1) is 16.5 Å². The standard InChI is InChI=1S/C12H14ClN5OS2/c1-18(2)11-16-17-12(21-11)20-6-10(19)15-9-4-3-7(14)5-8(9)13/h3-5H,6,14H2,1-2H3,(H,15,19). The van der Waals surface area contributed by atoms with Gasteiger partial charge >= 0.3 is 0 Å². The third kappa shape index (κ3) is 4.48. The molecule has 0 unspecified atom stereocenters. The highest BCUT2D eigenvalue weighted by molar-refractivity contribution is 8.01. The number of benzene rings is 1. The van der Waals surface area contributed by atoms with Crippen LogP contribution in [0, 0.1) is 0 Å². The number of amides is 1. The van der Waals surface area contributed by atoms with Gasteiger partial charge in [-0.05, 0) is 18.2 Å². The van der Waals surface area contributed by atoms with Crippen LogP contribution in [0.2, 0.25) is 5.02 Å². The molecule has 0 spiro atoms. The van der Waals surface area contributed by atoms with E-state index in [0.29, 0.717) is 16.4 Å². The molecular weight excluding hydrogens is 330 g/mol. The van der Waals surface area contributed by atoms with Crippen LogP contribution in [0.3, 0.4) is 0 Å². The fourth-order valence-electron chi connectivity index (χ4n) is 1.39. The second-order valence-corrected chi connectivity index (χ2v) is 6.91. The van der Waals surface area contributed by atoms with Gasteiger partial charge < -0.3 is 16.0 Å².